The van der Waals surface area contributed by atoms with Crippen LogP contribution in [0, 0.1) is 5.92 Å². The van der Waals surface area contributed by atoms with Crippen molar-refractivity contribution in [1.82, 2.24) is 5.32 Å². The minimum Gasteiger partial charge on any atom is -0.388 e. The molecule has 46 valence electrons. The van der Waals surface area contributed by atoms with Gasteiger partial charge in [-0.3, -0.25) is 0 Å². The fraction of sp³-hybridized carbons (Fsp3) is 1.00. The minimum atomic E-state index is -0.266. The van der Waals surface area contributed by atoms with Crippen LogP contribution in [0.4, 0.5) is 0 Å². The summed E-state index contributed by atoms with van der Waals surface area (Å²) in [5.41, 5.74) is -0.266. The Labute approximate surface area is 48.9 Å². The highest BCUT2D eigenvalue weighted by Crippen LogP contribution is 2.46. The molecular weight excluding hydrogens is 102 g/mol. The molecule has 2 heteroatoms. The quantitative estimate of drug-likeness (QED) is 0.453. The van der Waals surface area contributed by atoms with Crippen molar-refractivity contribution in [3.05, 3.63) is 0 Å². The molecule has 1 aliphatic carbocycles. The van der Waals surface area contributed by atoms with E-state index in [-0.39, 0.29) is 5.60 Å². The molecule has 0 aromatic heterocycles. The van der Waals surface area contributed by atoms with Crippen molar-refractivity contribution in [3.8, 4) is 0 Å². The van der Waals surface area contributed by atoms with E-state index in [0.29, 0.717) is 5.92 Å². The molecule has 2 N–H and O–H groups in total. The fourth-order valence-corrected chi connectivity index (χ4v) is 1.54. The summed E-state index contributed by atoms with van der Waals surface area (Å²) in [6.45, 7) is 1.94. The molecule has 0 bridgehead atoms. The summed E-state index contributed by atoms with van der Waals surface area (Å²) in [6, 6.07) is 0. The Morgan fingerprint density at radius 1 is 1.62 bits per heavy atom. The van der Waals surface area contributed by atoms with E-state index in [2.05, 4.69) is 5.32 Å². The van der Waals surface area contributed by atoms with E-state index in [4.69, 9.17) is 0 Å². The van der Waals surface area contributed by atoms with Crippen LogP contribution in [0.15, 0.2) is 0 Å². The Morgan fingerprint density at radius 3 is 3.00 bits per heavy atom. The second-order valence-corrected chi connectivity index (χ2v) is 2.97. The van der Waals surface area contributed by atoms with E-state index in [1.54, 1.807) is 0 Å². The molecule has 2 nitrogen and oxygen atoms in total. The van der Waals surface area contributed by atoms with Crippen molar-refractivity contribution in [2.24, 2.45) is 5.92 Å². The van der Waals surface area contributed by atoms with Gasteiger partial charge in [-0.2, -0.15) is 0 Å². The molecule has 1 saturated carbocycles. The average molecular weight is 113 g/mol. The van der Waals surface area contributed by atoms with E-state index in [1.165, 1.54) is 6.42 Å². The molecule has 1 saturated heterocycles. The van der Waals surface area contributed by atoms with Crippen molar-refractivity contribution < 1.29 is 5.11 Å². The van der Waals surface area contributed by atoms with Crippen LogP contribution in [0.5, 0.6) is 0 Å². The summed E-state index contributed by atoms with van der Waals surface area (Å²) >= 11 is 0. The van der Waals surface area contributed by atoms with Crippen LogP contribution in [0.25, 0.3) is 0 Å². The van der Waals surface area contributed by atoms with Crippen molar-refractivity contribution in [2.45, 2.75) is 18.4 Å². The van der Waals surface area contributed by atoms with Crippen molar-refractivity contribution in [2.75, 3.05) is 13.1 Å². The van der Waals surface area contributed by atoms with Gasteiger partial charge in [0.1, 0.15) is 0 Å². The first-order chi connectivity index (χ1) is 3.81. The van der Waals surface area contributed by atoms with E-state index < -0.39 is 0 Å². The van der Waals surface area contributed by atoms with Crippen LogP contribution in [-0.2, 0) is 0 Å². The van der Waals surface area contributed by atoms with Gasteiger partial charge in [-0.15, -0.1) is 0 Å². The predicted octanol–water partition coefficient (Wildman–Crippen LogP) is -0.269. The molecule has 1 aliphatic heterocycles. The second-order valence-electron chi connectivity index (χ2n) is 2.97. The maximum Gasteiger partial charge on any atom is 0.0804 e. The van der Waals surface area contributed by atoms with Gasteiger partial charge in [0.2, 0.25) is 0 Å². The largest absolute Gasteiger partial charge is 0.388 e. The van der Waals surface area contributed by atoms with Gasteiger partial charge in [-0.05, 0) is 25.3 Å². The van der Waals surface area contributed by atoms with E-state index in [1.807, 2.05) is 0 Å². The topological polar surface area (TPSA) is 32.3 Å². The Hall–Kier alpha value is -0.0800. The van der Waals surface area contributed by atoms with Crippen LogP contribution in [0.3, 0.4) is 0 Å². The van der Waals surface area contributed by atoms with Crippen LogP contribution in [0.2, 0.25) is 0 Å². The number of nitrogens with one attached hydrogen (secondary N) is 1. The van der Waals surface area contributed by atoms with Crippen molar-refractivity contribution in [1.29, 1.82) is 0 Å². The summed E-state index contributed by atoms with van der Waals surface area (Å²) < 4.78 is 0. The first-order valence-electron chi connectivity index (χ1n) is 3.24. The number of hydrogen-bond acceptors (Lipinski definition) is 2. The molecule has 8 heavy (non-hydrogen) atoms. The summed E-state index contributed by atoms with van der Waals surface area (Å²) in [4.78, 5) is 0. The normalized spacial score (nSPS) is 52.9. The van der Waals surface area contributed by atoms with Gasteiger partial charge in [-0.1, -0.05) is 0 Å². The highest BCUT2D eigenvalue weighted by atomic mass is 16.3. The van der Waals surface area contributed by atoms with Crippen LogP contribution in [-0.4, -0.2) is 23.8 Å². The third-order valence-electron chi connectivity index (χ3n) is 2.30. The number of rotatable bonds is 0. The number of hydrogen-bond donors (Lipinski definition) is 2. The smallest absolute Gasteiger partial charge is 0.0804 e. The monoisotopic (exact) mass is 113 g/mol. The lowest BCUT2D eigenvalue weighted by atomic mass is 10.1. The third kappa shape index (κ3) is 0.501. The Kier molecular flexibility index (Phi) is 0.746. The first-order valence-corrected chi connectivity index (χ1v) is 3.24. The van der Waals surface area contributed by atoms with Crippen LogP contribution >= 0.6 is 0 Å². The molecule has 2 atom stereocenters. The zero-order valence-corrected chi connectivity index (χ0v) is 4.85. The van der Waals surface area contributed by atoms with Gasteiger partial charge in [-0.25, -0.2) is 0 Å². The molecular formula is C6H11NO. The second kappa shape index (κ2) is 1.25. The van der Waals surface area contributed by atoms with Crippen molar-refractivity contribution >= 4 is 0 Å². The number of piperidine rings is 1. The maximum atomic E-state index is 9.39. The van der Waals surface area contributed by atoms with E-state index in [0.717, 1.165) is 19.5 Å². The Morgan fingerprint density at radius 2 is 2.50 bits per heavy atom. The number of aliphatic hydroxyl groups is 1. The molecule has 0 aromatic carbocycles. The first kappa shape index (κ1) is 4.77. The van der Waals surface area contributed by atoms with Crippen LogP contribution in [0.1, 0.15) is 12.8 Å². The molecule has 0 unspecified atom stereocenters. The SMILES string of the molecule is O[C@]12CNCC[C@H]1C2. The lowest BCUT2D eigenvalue weighted by molar-refractivity contribution is 0.114. The lowest BCUT2D eigenvalue weighted by Crippen LogP contribution is -2.35. The standard InChI is InChI=1S/C6H11NO/c8-6-3-5(6)1-2-7-4-6/h5,7-8H,1-4H2/t5-,6+/m0/s1. The molecule has 2 fully saturated rings. The fourth-order valence-electron chi connectivity index (χ4n) is 1.54. The molecule has 0 amide bonds. The highest BCUT2D eigenvalue weighted by molar-refractivity contribution is 5.07. The van der Waals surface area contributed by atoms with Gasteiger partial charge < -0.3 is 10.4 Å². The molecule has 0 aromatic rings. The molecule has 0 spiro atoms. The van der Waals surface area contributed by atoms with E-state index in [9.17, 15) is 5.11 Å². The Balaban J connectivity index is 2.04. The number of fused-ring (bicyclic) bond motifs is 1. The summed E-state index contributed by atoms with van der Waals surface area (Å²) in [5.74, 6) is 0.642. The van der Waals surface area contributed by atoms with Gasteiger partial charge in [0.25, 0.3) is 0 Å². The van der Waals surface area contributed by atoms with Crippen molar-refractivity contribution in [3.63, 3.8) is 0 Å². The highest BCUT2D eigenvalue weighted by Gasteiger charge is 2.53. The van der Waals surface area contributed by atoms with Gasteiger partial charge in [0.05, 0.1) is 5.60 Å². The molecule has 0 radical (unpaired) electrons. The van der Waals surface area contributed by atoms with E-state index >= 15 is 0 Å². The zero-order valence-electron chi connectivity index (χ0n) is 4.85. The molecule has 2 aliphatic rings. The summed E-state index contributed by atoms with van der Waals surface area (Å²) in [6.07, 6.45) is 2.22. The maximum absolute atomic E-state index is 9.39. The summed E-state index contributed by atoms with van der Waals surface area (Å²) in [5, 5.41) is 12.6. The third-order valence-corrected chi connectivity index (χ3v) is 2.30. The number of β-amino-alcohol motifs (C(OH)–C–C–N with tert-alkyl or cyclic N) is 1. The predicted molar refractivity (Wildman–Crippen MR) is 30.5 cm³/mol. The minimum absolute atomic E-state index is 0.266. The summed E-state index contributed by atoms with van der Waals surface area (Å²) in [7, 11) is 0. The lowest BCUT2D eigenvalue weighted by Gasteiger charge is -2.16. The van der Waals surface area contributed by atoms with Gasteiger partial charge in [0, 0.05) is 6.54 Å². The zero-order chi connectivity index (χ0) is 5.61. The van der Waals surface area contributed by atoms with Gasteiger partial charge >= 0.3 is 0 Å². The van der Waals surface area contributed by atoms with Gasteiger partial charge in [0.15, 0.2) is 0 Å². The molecule has 2 rings (SSSR count). The average Bonchev–Trinajstić information content (AvgIpc) is 2.39. The molecule has 1 heterocycles. The Bertz CT molecular complexity index is 113. The van der Waals surface area contributed by atoms with Crippen LogP contribution < -0.4 is 5.32 Å².